The smallest absolute Gasteiger partial charge is 0.238 e. The predicted molar refractivity (Wildman–Crippen MR) is 67.8 cm³/mol. The van der Waals surface area contributed by atoms with Crippen molar-refractivity contribution in [3.8, 4) is 5.75 Å². The van der Waals surface area contributed by atoms with Crippen LogP contribution in [0.2, 0.25) is 0 Å². The molecule has 2 rings (SSSR count). The van der Waals surface area contributed by atoms with Crippen molar-refractivity contribution in [2.45, 2.75) is 25.0 Å². The summed E-state index contributed by atoms with van der Waals surface area (Å²) in [6, 6.07) is 1.19. The zero-order chi connectivity index (χ0) is 15.6. The summed E-state index contributed by atoms with van der Waals surface area (Å²) in [5.74, 6) is -2.65. The number of primary sulfonamides is 1. The molecule has 0 bridgehead atoms. The highest BCUT2D eigenvalue weighted by Gasteiger charge is 2.18. The molecule has 0 aliphatic rings. The van der Waals surface area contributed by atoms with Gasteiger partial charge >= 0.3 is 0 Å². The van der Waals surface area contributed by atoms with Crippen LogP contribution in [-0.2, 0) is 23.2 Å². The Morgan fingerprint density at radius 3 is 2.48 bits per heavy atom. The van der Waals surface area contributed by atoms with Gasteiger partial charge in [-0.2, -0.15) is 5.10 Å². The molecular formula is C11H12F2N4O3S. The highest BCUT2D eigenvalue weighted by Crippen LogP contribution is 2.25. The second kappa shape index (κ2) is 5.74. The first-order valence-corrected chi connectivity index (χ1v) is 7.39. The first-order chi connectivity index (χ1) is 9.82. The van der Waals surface area contributed by atoms with E-state index in [9.17, 15) is 17.2 Å². The number of aryl methyl sites for hydroxylation is 1. The fourth-order valence-corrected chi connectivity index (χ4v) is 2.18. The highest BCUT2D eigenvalue weighted by molar-refractivity contribution is 7.89. The van der Waals surface area contributed by atoms with Gasteiger partial charge in [0.05, 0.1) is 4.90 Å². The Morgan fingerprint density at radius 2 is 1.95 bits per heavy atom. The molecule has 0 amide bonds. The van der Waals surface area contributed by atoms with E-state index < -0.39 is 32.3 Å². The van der Waals surface area contributed by atoms with Gasteiger partial charge in [-0.3, -0.25) is 0 Å². The van der Waals surface area contributed by atoms with Crippen molar-refractivity contribution in [2.24, 2.45) is 5.14 Å². The molecule has 0 saturated carbocycles. The molecule has 0 aliphatic carbocycles. The quantitative estimate of drug-likeness (QED) is 0.879. The number of sulfonamides is 1. The average Bonchev–Trinajstić information content (AvgIpc) is 2.84. The molecule has 1 aromatic heterocycles. The molecule has 10 heteroatoms. The first kappa shape index (κ1) is 15.3. The van der Waals surface area contributed by atoms with Crippen LogP contribution >= 0.6 is 0 Å². The second-order valence-electron chi connectivity index (χ2n) is 4.04. The molecule has 1 aromatic carbocycles. The zero-order valence-electron chi connectivity index (χ0n) is 11.0. The van der Waals surface area contributed by atoms with Crippen molar-refractivity contribution in [2.75, 3.05) is 0 Å². The first-order valence-electron chi connectivity index (χ1n) is 5.84. The van der Waals surface area contributed by atoms with Crippen LogP contribution in [0.15, 0.2) is 23.4 Å². The lowest BCUT2D eigenvalue weighted by Gasteiger charge is -2.09. The lowest BCUT2D eigenvalue weighted by molar-refractivity contribution is 0.258. The topological polar surface area (TPSA) is 100 Å². The lowest BCUT2D eigenvalue weighted by Crippen LogP contribution is -2.14. The van der Waals surface area contributed by atoms with Gasteiger partial charge in [-0.05, 0) is 19.1 Å². The van der Waals surface area contributed by atoms with Crippen LogP contribution in [0.3, 0.4) is 0 Å². The largest absolute Gasteiger partial charge is 0.479 e. The Labute approximate surface area is 119 Å². The number of nitrogens with two attached hydrogens (primary N) is 1. The van der Waals surface area contributed by atoms with Crippen molar-refractivity contribution in [3.05, 3.63) is 35.9 Å². The number of hydrogen-bond acceptors (Lipinski definition) is 5. The van der Waals surface area contributed by atoms with Crippen molar-refractivity contribution in [1.82, 2.24) is 14.8 Å². The number of benzene rings is 1. The minimum Gasteiger partial charge on any atom is -0.479 e. The Balaban J connectivity index is 2.25. The fourth-order valence-electron chi connectivity index (χ4n) is 1.64. The normalized spacial score (nSPS) is 11.6. The molecule has 1 heterocycles. The summed E-state index contributed by atoms with van der Waals surface area (Å²) in [6.07, 6.45) is 1.29. The molecule has 0 fully saturated rings. The second-order valence-corrected chi connectivity index (χ2v) is 5.60. The Hall–Kier alpha value is -2.07. The van der Waals surface area contributed by atoms with Gasteiger partial charge in [0.15, 0.2) is 23.2 Å². The highest BCUT2D eigenvalue weighted by atomic mass is 32.2. The van der Waals surface area contributed by atoms with Crippen molar-refractivity contribution in [1.29, 1.82) is 0 Å². The van der Waals surface area contributed by atoms with E-state index in [1.165, 1.54) is 11.0 Å². The van der Waals surface area contributed by atoms with Crippen LogP contribution in [0.4, 0.5) is 8.78 Å². The number of ether oxygens (including phenoxy) is 1. The standard InChI is InChI=1S/C11H12F2N4O3S/c1-2-17-10(15-6-16-17)5-20-11-8(12)3-7(4-9(11)13)21(14,18)19/h3-4,6H,2,5H2,1H3,(H2,14,18,19). The summed E-state index contributed by atoms with van der Waals surface area (Å²) in [6.45, 7) is 2.13. The number of halogens is 2. The molecule has 114 valence electrons. The van der Waals surface area contributed by atoms with Crippen molar-refractivity contribution in [3.63, 3.8) is 0 Å². The number of hydrogen-bond donors (Lipinski definition) is 1. The Kier molecular flexibility index (Phi) is 4.19. The summed E-state index contributed by atoms with van der Waals surface area (Å²) in [7, 11) is -4.20. The van der Waals surface area contributed by atoms with E-state index >= 15 is 0 Å². The minimum absolute atomic E-state index is 0.212. The third-order valence-corrected chi connectivity index (χ3v) is 3.53. The molecule has 0 unspecified atom stereocenters. The summed E-state index contributed by atoms with van der Waals surface area (Å²) in [5.41, 5.74) is 0. The van der Waals surface area contributed by atoms with Crippen LogP contribution in [-0.4, -0.2) is 23.2 Å². The molecular weight excluding hydrogens is 306 g/mol. The summed E-state index contributed by atoms with van der Waals surface area (Å²) < 4.78 is 56.1. The maximum Gasteiger partial charge on any atom is 0.238 e. The molecule has 7 nitrogen and oxygen atoms in total. The zero-order valence-corrected chi connectivity index (χ0v) is 11.8. The predicted octanol–water partition coefficient (Wildman–Crippen LogP) is 0.803. The van der Waals surface area contributed by atoms with Crippen LogP contribution in [0.1, 0.15) is 12.7 Å². The number of aromatic nitrogens is 3. The van der Waals surface area contributed by atoms with Gasteiger partial charge in [-0.1, -0.05) is 0 Å². The number of nitrogens with zero attached hydrogens (tertiary/aromatic N) is 3. The van der Waals surface area contributed by atoms with Gasteiger partial charge in [-0.15, -0.1) is 0 Å². The van der Waals surface area contributed by atoms with Crippen LogP contribution in [0.5, 0.6) is 5.75 Å². The maximum atomic E-state index is 13.7. The van der Waals surface area contributed by atoms with Crippen LogP contribution < -0.4 is 9.88 Å². The van der Waals surface area contributed by atoms with Gasteiger partial charge < -0.3 is 4.74 Å². The third kappa shape index (κ3) is 3.34. The van der Waals surface area contributed by atoms with Crippen LogP contribution in [0.25, 0.3) is 0 Å². The molecule has 2 aromatic rings. The van der Waals surface area contributed by atoms with E-state index in [-0.39, 0.29) is 6.61 Å². The Bertz CT molecular complexity index is 738. The van der Waals surface area contributed by atoms with Gasteiger partial charge in [0.25, 0.3) is 0 Å². The summed E-state index contributed by atoms with van der Waals surface area (Å²) in [4.78, 5) is 3.22. The van der Waals surface area contributed by atoms with Crippen molar-refractivity contribution >= 4 is 10.0 Å². The Morgan fingerprint density at radius 1 is 1.33 bits per heavy atom. The molecule has 0 radical (unpaired) electrons. The van der Waals surface area contributed by atoms with Gasteiger partial charge in [0.2, 0.25) is 10.0 Å². The van der Waals surface area contributed by atoms with E-state index in [0.29, 0.717) is 24.5 Å². The molecule has 2 N–H and O–H groups in total. The molecule has 0 spiro atoms. The van der Waals surface area contributed by atoms with Gasteiger partial charge in [0.1, 0.15) is 12.9 Å². The molecule has 0 saturated heterocycles. The monoisotopic (exact) mass is 318 g/mol. The van der Waals surface area contributed by atoms with Crippen LogP contribution in [0, 0.1) is 11.6 Å². The third-order valence-electron chi connectivity index (χ3n) is 2.64. The molecule has 0 aliphatic heterocycles. The van der Waals surface area contributed by atoms with E-state index in [4.69, 9.17) is 9.88 Å². The minimum atomic E-state index is -4.20. The van der Waals surface area contributed by atoms with Gasteiger partial charge in [-0.25, -0.2) is 32.0 Å². The van der Waals surface area contributed by atoms with Crippen molar-refractivity contribution < 1.29 is 21.9 Å². The SMILES string of the molecule is CCn1ncnc1COc1c(F)cc(S(N)(=O)=O)cc1F. The molecule has 0 atom stereocenters. The fraction of sp³-hybridized carbons (Fsp3) is 0.273. The van der Waals surface area contributed by atoms with E-state index in [2.05, 4.69) is 10.1 Å². The average molecular weight is 318 g/mol. The van der Waals surface area contributed by atoms with E-state index in [0.717, 1.165) is 0 Å². The van der Waals surface area contributed by atoms with E-state index in [1.807, 2.05) is 6.92 Å². The summed E-state index contributed by atoms with van der Waals surface area (Å²) >= 11 is 0. The maximum absolute atomic E-state index is 13.7. The van der Waals surface area contributed by atoms with E-state index in [1.54, 1.807) is 0 Å². The lowest BCUT2D eigenvalue weighted by atomic mass is 10.3. The summed E-state index contributed by atoms with van der Waals surface area (Å²) in [5, 5.41) is 8.69. The van der Waals surface area contributed by atoms with Gasteiger partial charge in [0, 0.05) is 6.54 Å². The number of rotatable bonds is 5. The molecule has 21 heavy (non-hydrogen) atoms.